The third kappa shape index (κ3) is 5.69. The molecule has 0 saturated carbocycles. The van der Waals surface area contributed by atoms with Crippen LogP contribution >= 0.6 is 0 Å². The Bertz CT molecular complexity index is 882. The van der Waals surface area contributed by atoms with Crippen molar-refractivity contribution in [2.75, 3.05) is 10.8 Å². The maximum Gasteiger partial charge on any atom is 0.264 e. The lowest BCUT2D eigenvalue weighted by Crippen LogP contribution is -2.31. The summed E-state index contributed by atoms with van der Waals surface area (Å²) in [5.74, 6) is 0.181. The van der Waals surface area contributed by atoms with Crippen LogP contribution in [-0.2, 0) is 10.0 Å². The molecule has 2 rings (SSSR count). The van der Waals surface area contributed by atoms with Crippen molar-refractivity contribution in [1.82, 2.24) is 0 Å². The van der Waals surface area contributed by atoms with Crippen molar-refractivity contribution in [3.63, 3.8) is 0 Å². The normalized spacial score (nSPS) is 13.1. The Kier molecular flexibility index (Phi) is 7.62. The van der Waals surface area contributed by atoms with Gasteiger partial charge in [-0.3, -0.25) is 4.31 Å². The van der Waals surface area contributed by atoms with Gasteiger partial charge in [-0.25, -0.2) is 8.42 Å². The molecule has 142 valence electrons. The van der Waals surface area contributed by atoms with Crippen LogP contribution in [0.2, 0.25) is 0 Å². The van der Waals surface area contributed by atoms with Crippen LogP contribution in [0.4, 0.5) is 5.69 Å². The number of sulfonamides is 1. The number of hydrogen-bond acceptors (Lipinski definition) is 2. The molecule has 1 atom stereocenters. The first kappa shape index (κ1) is 20.7. The van der Waals surface area contributed by atoms with E-state index in [1.54, 1.807) is 12.1 Å². The first-order valence-electron chi connectivity index (χ1n) is 9.04. The molecule has 1 unspecified atom stereocenters. The monoisotopic (exact) mass is 381 g/mol. The molecule has 0 aliphatic carbocycles. The largest absolute Gasteiger partial charge is 0.264 e. The Morgan fingerprint density at radius 1 is 1.04 bits per heavy atom. The highest BCUT2D eigenvalue weighted by atomic mass is 32.2. The SMILES string of the molecule is C=CC(/C=C/CN(c1ccccc1)S(=O)(=O)c1ccc(C)cc1)C/C=C/C. The van der Waals surface area contributed by atoms with E-state index in [-0.39, 0.29) is 12.5 Å². The molecule has 0 saturated heterocycles. The van der Waals surface area contributed by atoms with E-state index in [1.165, 1.54) is 4.31 Å². The maximum absolute atomic E-state index is 13.2. The number of allylic oxidation sites excluding steroid dienone is 4. The van der Waals surface area contributed by atoms with Gasteiger partial charge in [-0.2, -0.15) is 0 Å². The standard InChI is InChI=1S/C23H27NO2S/c1-4-6-11-21(5-2)12-10-19-24(22-13-8-7-9-14-22)27(25,26)23-17-15-20(3)16-18-23/h4-10,12-18,21H,2,11,19H2,1,3H3/b6-4+,12-10+. The molecule has 0 heterocycles. The fraction of sp³-hybridized carbons (Fsp3) is 0.217. The van der Waals surface area contributed by atoms with Gasteiger partial charge in [0.25, 0.3) is 10.0 Å². The molecule has 0 bridgehead atoms. The lowest BCUT2D eigenvalue weighted by atomic mass is 10.1. The van der Waals surface area contributed by atoms with Crippen molar-refractivity contribution in [3.05, 3.63) is 97.1 Å². The molecule has 2 aromatic rings. The van der Waals surface area contributed by atoms with E-state index in [0.29, 0.717) is 10.6 Å². The molecule has 0 aromatic heterocycles. The van der Waals surface area contributed by atoms with Gasteiger partial charge in [0.05, 0.1) is 17.1 Å². The second kappa shape index (κ2) is 9.93. The van der Waals surface area contributed by atoms with Gasteiger partial charge in [0.1, 0.15) is 0 Å². The quantitative estimate of drug-likeness (QED) is 0.537. The summed E-state index contributed by atoms with van der Waals surface area (Å²) in [6.07, 6.45) is 10.7. The minimum Gasteiger partial charge on any atom is -0.263 e. The van der Waals surface area contributed by atoms with Crippen molar-refractivity contribution in [3.8, 4) is 0 Å². The molecule has 4 heteroatoms. The van der Waals surface area contributed by atoms with Gasteiger partial charge >= 0.3 is 0 Å². The van der Waals surface area contributed by atoms with E-state index in [4.69, 9.17) is 0 Å². The molecule has 0 amide bonds. The summed E-state index contributed by atoms with van der Waals surface area (Å²) in [6, 6.07) is 16.1. The average Bonchev–Trinajstić information content (AvgIpc) is 2.68. The van der Waals surface area contributed by atoms with Gasteiger partial charge in [0, 0.05) is 0 Å². The average molecular weight is 382 g/mol. The van der Waals surface area contributed by atoms with Crippen molar-refractivity contribution in [2.45, 2.75) is 25.2 Å². The van der Waals surface area contributed by atoms with E-state index < -0.39 is 10.0 Å². The van der Waals surface area contributed by atoms with Crippen molar-refractivity contribution in [2.24, 2.45) is 5.92 Å². The van der Waals surface area contributed by atoms with Gasteiger partial charge in [0.2, 0.25) is 0 Å². The predicted molar refractivity (Wildman–Crippen MR) is 114 cm³/mol. The summed E-state index contributed by atoms with van der Waals surface area (Å²) in [4.78, 5) is 0.291. The van der Waals surface area contributed by atoms with E-state index in [2.05, 4.69) is 12.7 Å². The lowest BCUT2D eigenvalue weighted by Gasteiger charge is -2.23. The molecule has 0 aliphatic rings. The fourth-order valence-electron chi connectivity index (χ4n) is 2.65. The van der Waals surface area contributed by atoms with Crippen molar-refractivity contribution < 1.29 is 8.42 Å². The number of nitrogens with zero attached hydrogens (tertiary/aromatic N) is 1. The Morgan fingerprint density at radius 2 is 1.70 bits per heavy atom. The van der Waals surface area contributed by atoms with Crippen LogP contribution in [0.25, 0.3) is 0 Å². The smallest absolute Gasteiger partial charge is 0.263 e. The van der Waals surface area contributed by atoms with Crippen LogP contribution in [0.3, 0.4) is 0 Å². The molecule has 27 heavy (non-hydrogen) atoms. The Balaban J connectivity index is 2.32. The Morgan fingerprint density at radius 3 is 2.30 bits per heavy atom. The molecule has 0 fully saturated rings. The third-order valence-electron chi connectivity index (χ3n) is 4.25. The summed E-state index contributed by atoms with van der Waals surface area (Å²) in [5.41, 5.74) is 1.67. The van der Waals surface area contributed by atoms with E-state index in [1.807, 2.05) is 80.6 Å². The molecule has 0 N–H and O–H groups in total. The number of aryl methyl sites for hydroxylation is 1. The van der Waals surface area contributed by atoms with Gasteiger partial charge < -0.3 is 0 Å². The second-order valence-corrected chi connectivity index (χ2v) is 8.18. The van der Waals surface area contributed by atoms with Gasteiger partial charge in [-0.05, 0) is 50.5 Å². The minimum atomic E-state index is -3.65. The lowest BCUT2D eigenvalue weighted by molar-refractivity contribution is 0.592. The minimum absolute atomic E-state index is 0.181. The first-order valence-corrected chi connectivity index (χ1v) is 10.5. The predicted octanol–water partition coefficient (Wildman–Crippen LogP) is 5.51. The molecular formula is C23H27NO2S. The van der Waals surface area contributed by atoms with Crippen LogP contribution < -0.4 is 4.31 Å². The first-order chi connectivity index (χ1) is 13.0. The van der Waals surface area contributed by atoms with Gasteiger partial charge in [0.15, 0.2) is 0 Å². The van der Waals surface area contributed by atoms with Crippen LogP contribution in [0.1, 0.15) is 18.9 Å². The van der Waals surface area contributed by atoms with E-state index >= 15 is 0 Å². The van der Waals surface area contributed by atoms with Gasteiger partial charge in [-0.15, -0.1) is 6.58 Å². The highest BCUT2D eigenvalue weighted by molar-refractivity contribution is 7.92. The highest BCUT2D eigenvalue weighted by Gasteiger charge is 2.23. The molecule has 0 aliphatic heterocycles. The maximum atomic E-state index is 13.2. The Labute approximate surface area is 163 Å². The van der Waals surface area contributed by atoms with Crippen LogP contribution in [0, 0.1) is 12.8 Å². The Hall–Kier alpha value is -2.59. The van der Waals surface area contributed by atoms with Crippen molar-refractivity contribution in [1.29, 1.82) is 0 Å². The molecule has 0 radical (unpaired) electrons. The zero-order valence-corrected chi connectivity index (χ0v) is 16.8. The zero-order valence-electron chi connectivity index (χ0n) is 16.0. The van der Waals surface area contributed by atoms with Crippen LogP contribution in [-0.4, -0.2) is 15.0 Å². The summed E-state index contributed by atoms with van der Waals surface area (Å²) >= 11 is 0. The number of hydrogen-bond donors (Lipinski definition) is 0. The zero-order chi connectivity index (χ0) is 19.7. The summed E-state index contributed by atoms with van der Waals surface area (Å²) in [5, 5.41) is 0. The van der Waals surface area contributed by atoms with Crippen LogP contribution in [0.5, 0.6) is 0 Å². The number of anilines is 1. The van der Waals surface area contributed by atoms with Crippen LogP contribution in [0.15, 0.2) is 96.5 Å². The number of para-hydroxylation sites is 1. The summed E-state index contributed by atoms with van der Waals surface area (Å²) in [7, 11) is -3.65. The summed E-state index contributed by atoms with van der Waals surface area (Å²) < 4.78 is 27.9. The van der Waals surface area contributed by atoms with Crippen molar-refractivity contribution >= 4 is 15.7 Å². The third-order valence-corrected chi connectivity index (χ3v) is 6.06. The number of rotatable bonds is 9. The summed E-state index contributed by atoms with van der Waals surface area (Å²) in [6.45, 7) is 8.04. The van der Waals surface area contributed by atoms with Gasteiger partial charge in [-0.1, -0.05) is 66.3 Å². The fourth-order valence-corrected chi connectivity index (χ4v) is 4.07. The van der Waals surface area contributed by atoms with E-state index in [9.17, 15) is 8.42 Å². The number of benzene rings is 2. The second-order valence-electron chi connectivity index (χ2n) is 6.32. The molecular weight excluding hydrogens is 354 g/mol. The topological polar surface area (TPSA) is 37.4 Å². The molecule has 0 spiro atoms. The highest BCUT2D eigenvalue weighted by Crippen LogP contribution is 2.24. The van der Waals surface area contributed by atoms with E-state index in [0.717, 1.165) is 12.0 Å². The molecule has 3 nitrogen and oxygen atoms in total. The molecule has 2 aromatic carbocycles.